The predicted octanol–water partition coefficient (Wildman–Crippen LogP) is 2.35. The van der Waals surface area contributed by atoms with E-state index in [1.54, 1.807) is 17.9 Å². The fraction of sp³-hybridized carbons (Fsp3) is 0.211. The second-order valence-corrected chi connectivity index (χ2v) is 7.28. The molecule has 0 bridgehead atoms. The highest BCUT2D eigenvalue weighted by atomic mass is 32.2. The highest BCUT2D eigenvalue weighted by molar-refractivity contribution is 8.00. The van der Waals surface area contributed by atoms with E-state index in [9.17, 15) is 10.1 Å². The van der Waals surface area contributed by atoms with E-state index >= 15 is 0 Å². The zero-order valence-electron chi connectivity index (χ0n) is 15.6. The highest BCUT2D eigenvalue weighted by Gasteiger charge is 2.31. The molecule has 140 valence electrons. The summed E-state index contributed by atoms with van der Waals surface area (Å²) in [4.78, 5) is 25.1. The number of carbonyl (C=O) groups excluding carboxylic acids is 1. The third-order valence-electron chi connectivity index (χ3n) is 4.69. The maximum atomic E-state index is 12.9. The van der Waals surface area contributed by atoms with Crippen molar-refractivity contribution < 1.29 is 4.79 Å². The molecule has 0 N–H and O–H groups in total. The van der Waals surface area contributed by atoms with Crippen molar-refractivity contribution >= 4 is 40.0 Å². The van der Waals surface area contributed by atoms with Crippen LogP contribution in [0.25, 0.3) is 11.0 Å². The van der Waals surface area contributed by atoms with Crippen molar-refractivity contribution in [3.8, 4) is 6.07 Å². The molecule has 28 heavy (non-hydrogen) atoms. The number of benzene rings is 1. The first-order valence-electron chi connectivity index (χ1n) is 8.52. The van der Waals surface area contributed by atoms with Crippen molar-refractivity contribution in [3.63, 3.8) is 0 Å². The summed E-state index contributed by atoms with van der Waals surface area (Å²) in [7, 11) is 5.52. The van der Waals surface area contributed by atoms with Gasteiger partial charge in [-0.05, 0) is 12.1 Å². The quantitative estimate of drug-likeness (QED) is 0.290. The summed E-state index contributed by atoms with van der Waals surface area (Å²) in [5.41, 5.74) is 2.75. The Bertz CT molecular complexity index is 1130. The topological polar surface area (TPSA) is 90.9 Å². The maximum Gasteiger partial charge on any atom is 0.187 e. The number of hydrogen-bond donors (Lipinski definition) is 0. The van der Waals surface area contributed by atoms with Gasteiger partial charge in [-0.25, -0.2) is 9.97 Å². The summed E-state index contributed by atoms with van der Waals surface area (Å²) in [5.74, 6) is 0.444. The first kappa shape index (κ1) is 18.0. The molecular weight excluding hydrogens is 374 g/mol. The van der Waals surface area contributed by atoms with Gasteiger partial charge in [0.1, 0.15) is 28.8 Å². The van der Waals surface area contributed by atoms with Crippen LogP contribution < -0.4 is 9.80 Å². The largest absolute Gasteiger partial charge is 0.328 e. The lowest BCUT2D eigenvalue weighted by Crippen LogP contribution is -2.26. The van der Waals surface area contributed by atoms with Gasteiger partial charge in [-0.15, -0.1) is 0 Å². The van der Waals surface area contributed by atoms with Gasteiger partial charge in [0.2, 0.25) is 0 Å². The molecule has 8 nitrogen and oxygen atoms in total. The van der Waals surface area contributed by atoms with Gasteiger partial charge >= 0.3 is 0 Å². The van der Waals surface area contributed by atoms with E-state index in [0.717, 1.165) is 16.8 Å². The first-order chi connectivity index (χ1) is 13.5. The van der Waals surface area contributed by atoms with Gasteiger partial charge in [0.15, 0.2) is 11.4 Å². The second-order valence-electron chi connectivity index (χ2n) is 6.31. The summed E-state index contributed by atoms with van der Waals surface area (Å²) in [5, 5.41) is 15.4. The van der Waals surface area contributed by atoms with Crippen LogP contribution in [0.15, 0.2) is 53.2 Å². The Hall–Kier alpha value is -3.38. The maximum absolute atomic E-state index is 12.9. The van der Waals surface area contributed by atoms with Crippen molar-refractivity contribution in [2.24, 2.45) is 7.05 Å². The standard InChI is InChI=1S/C19H17N7OS/c1-24-14-6-4-5-7-15(14)25(2)19(24)12(8-20)16(27)10-28-18-13-9-23-26(3)17(13)21-11-22-18/h4-7,9,11H,10H2,1-3H3. The third kappa shape index (κ3) is 2.78. The van der Waals surface area contributed by atoms with Crippen molar-refractivity contribution in [2.45, 2.75) is 5.03 Å². The second kappa shape index (κ2) is 6.98. The molecule has 0 aliphatic carbocycles. The minimum absolute atomic E-state index is 0.103. The van der Waals surface area contributed by atoms with Crippen LogP contribution in [0.5, 0.6) is 0 Å². The molecule has 2 aromatic heterocycles. The number of fused-ring (bicyclic) bond motifs is 2. The molecule has 1 aliphatic rings. The number of allylic oxidation sites excluding steroid dienone is 1. The van der Waals surface area contributed by atoms with Gasteiger partial charge in [0.25, 0.3) is 0 Å². The van der Waals surface area contributed by atoms with Crippen molar-refractivity contribution in [2.75, 3.05) is 29.6 Å². The summed E-state index contributed by atoms with van der Waals surface area (Å²) < 4.78 is 1.66. The number of nitriles is 1. The van der Waals surface area contributed by atoms with E-state index in [4.69, 9.17) is 0 Å². The zero-order chi connectivity index (χ0) is 19.8. The third-order valence-corrected chi connectivity index (χ3v) is 5.69. The Morgan fingerprint density at radius 3 is 2.46 bits per heavy atom. The average molecular weight is 391 g/mol. The average Bonchev–Trinajstić information content (AvgIpc) is 3.21. The number of para-hydroxylation sites is 2. The first-order valence-corrected chi connectivity index (χ1v) is 9.51. The fourth-order valence-corrected chi connectivity index (χ4v) is 4.15. The number of carbonyl (C=O) groups is 1. The minimum atomic E-state index is -0.246. The Balaban J connectivity index is 1.62. The van der Waals surface area contributed by atoms with E-state index in [-0.39, 0.29) is 17.1 Å². The zero-order valence-corrected chi connectivity index (χ0v) is 16.4. The minimum Gasteiger partial charge on any atom is -0.328 e. The number of aromatic nitrogens is 4. The molecular formula is C19H17N7OS. The number of aryl methyl sites for hydroxylation is 1. The van der Waals surface area contributed by atoms with Crippen LogP contribution in [-0.4, -0.2) is 45.4 Å². The molecule has 0 saturated carbocycles. The van der Waals surface area contributed by atoms with E-state index in [0.29, 0.717) is 16.5 Å². The SMILES string of the molecule is CN1C(=C(C#N)C(=O)CSc2ncnc3c2cnn3C)N(C)c2ccccc21. The van der Waals surface area contributed by atoms with Gasteiger partial charge in [0.05, 0.1) is 28.7 Å². The van der Waals surface area contributed by atoms with Gasteiger partial charge in [-0.2, -0.15) is 10.4 Å². The van der Waals surface area contributed by atoms with Gasteiger partial charge in [0, 0.05) is 21.1 Å². The Morgan fingerprint density at radius 1 is 1.14 bits per heavy atom. The molecule has 0 atom stereocenters. The van der Waals surface area contributed by atoms with Gasteiger partial charge in [-0.3, -0.25) is 9.48 Å². The smallest absolute Gasteiger partial charge is 0.187 e. The van der Waals surface area contributed by atoms with E-state index < -0.39 is 0 Å². The number of hydrogen-bond acceptors (Lipinski definition) is 8. The molecule has 3 heterocycles. The molecule has 3 aromatic rings. The van der Waals surface area contributed by atoms with Gasteiger partial charge < -0.3 is 9.80 Å². The molecule has 0 spiro atoms. The van der Waals surface area contributed by atoms with Gasteiger partial charge in [-0.1, -0.05) is 23.9 Å². The molecule has 0 saturated heterocycles. The lowest BCUT2D eigenvalue weighted by atomic mass is 10.2. The Morgan fingerprint density at radius 2 is 1.82 bits per heavy atom. The summed E-state index contributed by atoms with van der Waals surface area (Å²) >= 11 is 1.28. The van der Waals surface area contributed by atoms with E-state index in [1.807, 2.05) is 48.2 Å². The van der Waals surface area contributed by atoms with Crippen LogP contribution in [0.3, 0.4) is 0 Å². The lowest BCUT2D eigenvalue weighted by Gasteiger charge is -2.19. The number of rotatable bonds is 4. The van der Waals surface area contributed by atoms with Crippen LogP contribution in [0, 0.1) is 11.3 Å². The van der Waals surface area contributed by atoms with Crippen LogP contribution in [0.2, 0.25) is 0 Å². The number of nitrogens with zero attached hydrogens (tertiary/aromatic N) is 7. The number of Topliss-reactive ketones (excluding diaryl/α,β-unsaturated/α-hetero) is 1. The predicted molar refractivity (Wildman–Crippen MR) is 108 cm³/mol. The number of anilines is 2. The van der Waals surface area contributed by atoms with Crippen molar-refractivity contribution in [3.05, 3.63) is 48.2 Å². The van der Waals surface area contributed by atoms with Crippen LogP contribution >= 0.6 is 11.8 Å². The van der Waals surface area contributed by atoms with E-state index in [2.05, 4.69) is 21.1 Å². The molecule has 4 rings (SSSR count). The molecule has 1 aromatic carbocycles. The number of thioether (sulfide) groups is 1. The molecule has 1 aliphatic heterocycles. The van der Waals surface area contributed by atoms with E-state index in [1.165, 1.54) is 18.1 Å². The Labute approximate surface area is 166 Å². The summed E-state index contributed by atoms with van der Waals surface area (Å²) in [6.07, 6.45) is 3.14. The molecule has 0 fully saturated rings. The molecule has 9 heteroatoms. The van der Waals surface area contributed by atoms with Crippen molar-refractivity contribution in [1.29, 1.82) is 5.26 Å². The number of ketones is 1. The molecule has 0 unspecified atom stereocenters. The van der Waals surface area contributed by atoms with Crippen LogP contribution in [-0.2, 0) is 11.8 Å². The Kier molecular flexibility index (Phi) is 4.49. The lowest BCUT2D eigenvalue weighted by molar-refractivity contribution is -0.112. The van der Waals surface area contributed by atoms with Crippen molar-refractivity contribution in [1.82, 2.24) is 19.7 Å². The summed E-state index contributed by atoms with van der Waals surface area (Å²) in [6, 6.07) is 9.90. The summed E-state index contributed by atoms with van der Waals surface area (Å²) in [6.45, 7) is 0. The molecule has 0 amide bonds. The molecule has 0 radical (unpaired) electrons. The van der Waals surface area contributed by atoms with Crippen LogP contribution in [0.4, 0.5) is 11.4 Å². The van der Waals surface area contributed by atoms with Crippen LogP contribution in [0.1, 0.15) is 0 Å². The monoisotopic (exact) mass is 391 g/mol. The normalized spacial score (nSPS) is 13.0. The fourth-order valence-electron chi connectivity index (χ4n) is 3.32. The highest BCUT2D eigenvalue weighted by Crippen LogP contribution is 2.40.